The summed E-state index contributed by atoms with van der Waals surface area (Å²) in [6.07, 6.45) is 0.890. The summed E-state index contributed by atoms with van der Waals surface area (Å²) in [5, 5.41) is 3.22. The Labute approximate surface area is 120 Å². The third-order valence-corrected chi connectivity index (χ3v) is 3.75. The Morgan fingerprint density at radius 2 is 2.10 bits per heavy atom. The van der Waals surface area contributed by atoms with Gasteiger partial charge in [-0.25, -0.2) is 0 Å². The fraction of sp³-hybridized carbons (Fsp3) is 0.214. The number of nitrogen functional groups attached to an aromatic ring is 1. The smallest absolute Gasteiger partial charge is 0.321 e. The molecule has 0 aliphatic heterocycles. The number of fused-ring (bicyclic) bond motifs is 1. The highest BCUT2D eigenvalue weighted by molar-refractivity contribution is 7.17. The van der Waals surface area contributed by atoms with Gasteiger partial charge < -0.3 is 10.5 Å². The van der Waals surface area contributed by atoms with Crippen molar-refractivity contribution in [3.05, 3.63) is 29.6 Å². The first kappa shape index (κ1) is 12.8. The minimum atomic E-state index is 0.176. The Kier molecular flexibility index (Phi) is 3.47. The van der Waals surface area contributed by atoms with Gasteiger partial charge in [-0.2, -0.15) is 15.0 Å². The molecule has 0 unspecified atom stereocenters. The molecule has 0 atom stereocenters. The Morgan fingerprint density at radius 3 is 2.95 bits per heavy atom. The molecule has 0 saturated heterocycles. The van der Waals surface area contributed by atoms with Crippen molar-refractivity contribution in [1.82, 2.24) is 15.0 Å². The lowest BCUT2D eigenvalue weighted by Crippen LogP contribution is -2.05. The molecule has 1 aromatic carbocycles. The number of thiophene rings is 1. The molecule has 0 bridgehead atoms. The zero-order valence-electron chi connectivity index (χ0n) is 11.0. The third kappa shape index (κ3) is 2.42. The standard InChI is InChI=1S/C14H14N4OS/c1-2-7-19-14-17-12(16-13(15)18-14)10-5-3-4-9-6-8-20-11(9)10/h3-6,8H,2,7H2,1H3,(H2,15,16,17,18). The Morgan fingerprint density at radius 1 is 1.20 bits per heavy atom. The second kappa shape index (κ2) is 5.42. The minimum Gasteiger partial charge on any atom is -0.463 e. The molecule has 0 spiro atoms. The monoisotopic (exact) mass is 286 g/mol. The van der Waals surface area contributed by atoms with Gasteiger partial charge in [0.1, 0.15) is 0 Å². The lowest BCUT2D eigenvalue weighted by Gasteiger charge is -2.06. The number of hydrogen-bond acceptors (Lipinski definition) is 6. The van der Waals surface area contributed by atoms with E-state index < -0.39 is 0 Å². The highest BCUT2D eigenvalue weighted by Gasteiger charge is 2.11. The molecule has 0 fully saturated rings. The Balaban J connectivity index is 2.09. The van der Waals surface area contributed by atoms with Gasteiger partial charge in [0.05, 0.1) is 6.61 Å². The maximum atomic E-state index is 5.75. The van der Waals surface area contributed by atoms with E-state index in [2.05, 4.69) is 27.1 Å². The first-order chi connectivity index (χ1) is 9.78. The van der Waals surface area contributed by atoms with Crippen LogP contribution in [0.25, 0.3) is 21.5 Å². The number of rotatable bonds is 4. The number of hydrogen-bond donors (Lipinski definition) is 1. The van der Waals surface area contributed by atoms with Crippen LogP contribution in [-0.2, 0) is 0 Å². The number of anilines is 1. The summed E-state index contributed by atoms with van der Waals surface area (Å²) >= 11 is 1.66. The second-order valence-electron chi connectivity index (χ2n) is 4.29. The van der Waals surface area contributed by atoms with Crippen molar-refractivity contribution in [2.45, 2.75) is 13.3 Å². The van der Waals surface area contributed by atoms with Gasteiger partial charge in [-0.3, -0.25) is 0 Å². The summed E-state index contributed by atoms with van der Waals surface area (Å²) in [4.78, 5) is 12.6. The third-order valence-electron chi connectivity index (χ3n) is 2.79. The molecule has 0 amide bonds. The van der Waals surface area contributed by atoms with E-state index in [1.807, 2.05) is 24.4 Å². The SMILES string of the molecule is CCCOc1nc(N)nc(-c2cccc3ccsc23)n1. The van der Waals surface area contributed by atoms with Crippen molar-refractivity contribution in [3.8, 4) is 17.4 Å². The van der Waals surface area contributed by atoms with Crippen LogP contribution in [0.2, 0.25) is 0 Å². The summed E-state index contributed by atoms with van der Waals surface area (Å²) in [6.45, 7) is 2.59. The van der Waals surface area contributed by atoms with Gasteiger partial charge in [-0.15, -0.1) is 11.3 Å². The number of aromatic nitrogens is 3. The Hall–Kier alpha value is -2.21. The van der Waals surface area contributed by atoms with Crippen LogP contribution in [0.15, 0.2) is 29.6 Å². The molecule has 3 aromatic rings. The van der Waals surface area contributed by atoms with Gasteiger partial charge in [0.2, 0.25) is 5.95 Å². The number of nitrogens with two attached hydrogens (primary N) is 1. The van der Waals surface area contributed by atoms with Crippen LogP contribution in [0.4, 0.5) is 5.95 Å². The molecule has 0 saturated carbocycles. The first-order valence-electron chi connectivity index (χ1n) is 6.39. The van der Waals surface area contributed by atoms with Crippen molar-refractivity contribution < 1.29 is 4.74 Å². The van der Waals surface area contributed by atoms with E-state index in [-0.39, 0.29) is 12.0 Å². The summed E-state index contributed by atoms with van der Waals surface area (Å²) in [5.41, 5.74) is 6.70. The molecule has 0 aliphatic carbocycles. The molecule has 2 heterocycles. The Bertz CT molecular complexity index is 741. The summed E-state index contributed by atoms with van der Waals surface area (Å²) in [5.74, 6) is 0.728. The molecular weight excluding hydrogens is 272 g/mol. The summed E-state index contributed by atoms with van der Waals surface area (Å²) < 4.78 is 6.59. The van der Waals surface area contributed by atoms with E-state index >= 15 is 0 Å². The average Bonchev–Trinajstić information content (AvgIpc) is 2.92. The van der Waals surface area contributed by atoms with E-state index in [4.69, 9.17) is 10.5 Å². The van der Waals surface area contributed by atoms with Crippen molar-refractivity contribution in [2.75, 3.05) is 12.3 Å². The highest BCUT2D eigenvalue weighted by atomic mass is 32.1. The van der Waals surface area contributed by atoms with Crippen LogP contribution < -0.4 is 10.5 Å². The molecule has 0 radical (unpaired) electrons. The molecule has 20 heavy (non-hydrogen) atoms. The van der Waals surface area contributed by atoms with Crippen LogP contribution in [-0.4, -0.2) is 21.6 Å². The molecule has 6 heteroatoms. The quantitative estimate of drug-likeness (QED) is 0.797. The van der Waals surface area contributed by atoms with E-state index in [1.165, 1.54) is 5.39 Å². The van der Waals surface area contributed by atoms with Crippen molar-refractivity contribution in [1.29, 1.82) is 0 Å². The molecule has 0 aliphatic rings. The zero-order chi connectivity index (χ0) is 13.9. The molecule has 3 rings (SSSR count). The molecule has 102 valence electrons. The highest BCUT2D eigenvalue weighted by Crippen LogP contribution is 2.31. The average molecular weight is 286 g/mol. The molecule has 2 N–H and O–H groups in total. The lowest BCUT2D eigenvalue weighted by atomic mass is 10.1. The van der Waals surface area contributed by atoms with Crippen molar-refractivity contribution >= 4 is 27.4 Å². The van der Waals surface area contributed by atoms with Crippen LogP contribution in [0.1, 0.15) is 13.3 Å². The van der Waals surface area contributed by atoms with Crippen molar-refractivity contribution in [2.24, 2.45) is 0 Å². The fourth-order valence-corrected chi connectivity index (χ4v) is 2.83. The van der Waals surface area contributed by atoms with E-state index in [0.29, 0.717) is 12.4 Å². The molecule has 5 nitrogen and oxygen atoms in total. The minimum absolute atomic E-state index is 0.176. The number of nitrogens with zero attached hydrogens (tertiary/aromatic N) is 3. The summed E-state index contributed by atoms with van der Waals surface area (Å²) in [7, 11) is 0. The van der Waals surface area contributed by atoms with Gasteiger partial charge in [0.15, 0.2) is 5.82 Å². The van der Waals surface area contributed by atoms with Crippen molar-refractivity contribution in [3.63, 3.8) is 0 Å². The van der Waals surface area contributed by atoms with Crippen LogP contribution in [0.3, 0.4) is 0 Å². The lowest BCUT2D eigenvalue weighted by molar-refractivity contribution is 0.292. The van der Waals surface area contributed by atoms with Crippen LogP contribution in [0, 0.1) is 0 Å². The maximum Gasteiger partial charge on any atom is 0.321 e. The first-order valence-corrected chi connectivity index (χ1v) is 7.27. The predicted octanol–water partition coefficient (Wildman–Crippen LogP) is 3.12. The maximum absolute atomic E-state index is 5.75. The van der Waals surface area contributed by atoms with Gasteiger partial charge >= 0.3 is 6.01 Å². The zero-order valence-corrected chi connectivity index (χ0v) is 11.9. The van der Waals surface area contributed by atoms with E-state index in [1.54, 1.807) is 11.3 Å². The van der Waals surface area contributed by atoms with E-state index in [9.17, 15) is 0 Å². The number of ether oxygens (including phenoxy) is 1. The van der Waals surface area contributed by atoms with Gasteiger partial charge in [0, 0.05) is 10.3 Å². The van der Waals surface area contributed by atoms with Crippen LogP contribution in [0.5, 0.6) is 6.01 Å². The van der Waals surface area contributed by atoms with E-state index in [0.717, 1.165) is 16.7 Å². The second-order valence-corrected chi connectivity index (χ2v) is 5.21. The van der Waals surface area contributed by atoms with Gasteiger partial charge in [-0.05, 0) is 29.3 Å². The largest absolute Gasteiger partial charge is 0.463 e. The van der Waals surface area contributed by atoms with Gasteiger partial charge in [-0.1, -0.05) is 19.1 Å². The number of benzene rings is 1. The van der Waals surface area contributed by atoms with Crippen LogP contribution >= 0.6 is 11.3 Å². The predicted molar refractivity (Wildman–Crippen MR) is 80.8 cm³/mol. The molecular formula is C14H14N4OS. The molecule has 2 aromatic heterocycles. The topological polar surface area (TPSA) is 73.9 Å². The fourth-order valence-electron chi connectivity index (χ4n) is 1.92. The van der Waals surface area contributed by atoms with Gasteiger partial charge in [0.25, 0.3) is 0 Å². The summed E-state index contributed by atoms with van der Waals surface area (Å²) in [6, 6.07) is 8.38. The normalized spacial score (nSPS) is 10.8.